The fraction of sp³-hybridized carbons (Fsp3) is 0.462. The van der Waals surface area contributed by atoms with Gasteiger partial charge in [-0.25, -0.2) is 13.6 Å². The molecule has 118 valence electrons. The molecule has 1 atom stereocenters. The Balaban J connectivity index is 3.03. The first kappa shape index (κ1) is 17.6. The second kappa shape index (κ2) is 6.99. The molecule has 0 aliphatic heterocycles. The summed E-state index contributed by atoms with van der Waals surface area (Å²) < 4.78 is 27.9. The number of hydrogen-bond acceptors (Lipinski definition) is 5. The van der Waals surface area contributed by atoms with Crippen LogP contribution in [-0.2, 0) is 19.6 Å². The summed E-state index contributed by atoms with van der Waals surface area (Å²) in [6, 6.07) is 2.82. The van der Waals surface area contributed by atoms with Gasteiger partial charge in [-0.3, -0.25) is 4.79 Å². The van der Waals surface area contributed by atoms with Crippen LogP contribution in [0.3, 0.4) is 0 Å². The lowest BCUT2D eigenvalue weighted by atomic mass is 10.1. The summed E-state index contributed by atoms with van der Waals surface area (Å²) in [6.07, 6.45) is -0.293. The van der Waals surface area contributed by atoms with Crippen molar-refractivity contribution in [1.82, 2.24) is 0 Å². The van der Waals surface area contributed by atoms with E-state index in [9.17, 15) is 13.2 Å². The van der Waals surface area contributed by atoms with Gasteiger partial charge in [0, 0.05) is 19.3 Å². The zero-order valence-corrected chi connectivity index (χ0v) is 13.2. The Morgan fingerprint density at radius 3 is 2.48 bits per heavy atom. The van der Waals surface area contributed by atoms with E-state index in [1.165, 1.54) is 19.2 Å². The highest BCUT2D eigenvalue weighted by molar-refractivity contribution is 7.89. The van der Waals surface area contributed by atoms with Gasteiger partial charge in [0.2, 0.25) is 15.9 Å². The Morgan fingerprint density at radius 1 is 1.38 bits per heavy atom. The van der Waals surface area contributed by atoms with Crippen molar-refractivity contribution in [3.63, 3.8) is 0 Å². The standard InChI is InChI=1S/C13H21N3O4S/c1-8-4-11(21(15,18)19)6-12(9(8)2)16-13(17)5-10(7-14)20-3/h4,6,10H,5,7,14H2,1-3H3,(H,16,17)(H2,15,18,19). The number of carbonyl (C=O) groups is 1. The number of nitrogens with two attached hydrogens (primary N) is 2. The van der Waals surface area contributed by atoms with Gasteiger partial charge in [0.25, 0.3) is 0 Å². The van der Waals surface area contributed by atoms with E-state index in [1.807, 2.05) is 0 Å². The minimum atomic E-state index is -3.83. The van der Waals surface area contributed by atoms with Gasteiger partial charge in [0.1, 0.15) is 0 Å². The second-order valence-electron chi connectivity index (χ2n) is 4.80. The molecule has 5 N–H and O–H groups in total. The first-order valence-corrected chi connectivity index (χ1v) is 7.90. The van der Waals surface area contributed by atoms with E-state index in [2.05, 4.69) is 5.32 Å². The van der Waals surface area contributed by atoms with Gasteiger partial charge >= 0.3 is 0 Å². The largest absolute Gasteiger partial charge is 0.380 e. The average molecular weight is 315 g/mol. The normalized spacial score (nSPS) is 13.0. The number of amides is 1. The second-order valence-corrected chi connectivity index (χ2v) is 6.36. The lowest BCUT2D eigenvalue weighted by Crippen LogP contribution is -2.28. The molecule has 1 unspecified atom stereocenters. The summed E-state index contributed by atoms with van der Waals surface area (Å²) >= 11 is 0. The van der Waals surface area contributed by atoms with Gasteiger partial charge in [-0.1, -0.05) is 0 Å². The maximum Gasteiger partial charge on any atom is 0.238 e. The molecule has 0 aliphatic carbocycles. The summed E-state index contributed by atoms with van der Waals surface area (Å²) in [7, 11) is -2.35. The third kappa shape index (κ3) is 4.78. The van der Waals surface area contributed by atoms with Gasteiger partial charge < -0.3 is 15.8 Å². The zero-order chi connectivity index (χ0) is 16.2. The topological polar surface area (TPSA) is 125 Å². The van der Waals surface area contributed by atoms with Crippen molar-refractivity contribution in [3.8, 4) is 0 Å². The van der Waals surface area contributed by atoms with Crippen LogP contribution in [0.1, 0.15) is 17.5 Å². The fourth-order valence-electron chi connectivity index (χ4n) is 1.79. The number of methoxy groups -OCH3 is 1. The van der Waals surface area contributed by atoms with E-state index >= 15 is 0 Å². The van der Waals surface area contributed by atoms with Crippen molar-refractivity contribution in [2.24, 2.45) is 10.9 Å². The van der Waals surface area contributed by atoms with Gasteiger partial charge in [0.05, 0.1) is 17.4 Å². The van der Waals surface area contributed by atoms with Crippen LogP contribution in [0.15, 0.2) is 17.0 Å². The summed E-state index contributed by atoms with van der Waals surface area (Å²) in [5, 5.41) is 7.79. The molecule has 1 amide bonds. The Kier molecular flexibility index (Phi) is 5.85. The average Bonchev–Trinajstić information content (AvgIpc) is 2.39. The van der Waals surface area contributed by atoms with Gasteiger partial charge in [-0.05, 0) is 37.1 Å². The Morgan fingerprint density at radius 2 is 2.00 bits per heavy atom. The molecule has 0 heterocycles. The van der Waals surface area contributed by atoms with Crippen molar-refractivity contribution in [3.05, 3.63) is 23.3 Å². The smallest absolute Gasteiger partial charge is 0.238 e. The lowest BCUT2D eigenvalue weighted by Gasteiger charge is -2.15. The zero-order valence-electron chi connectivity index (χ0n) is 12.3. The Bertz CT molecular complexity index is 625. The number of anilines is 1. The number of carbonyl (C=O) groups excluding carboxylic acids is 1. The lowest BCUT2D eigenvalue weighted by molar-refractivity contribution is -0.118. The molecule has 1 rings (SSSR count). The number of ether oxygens (including phenoxy) is 1. The van der Waals surface area contributed by atoms with E-state index in [-0.39, 0.29) is 29.9 Å². The van der Waals surface area contributed by atoms with Crippen LogP contribution in [0.4, 0.5) is 5.69 Å². The summed E-state index contributed by atoms with van der Waals surface area (Å²) in [5.41, 5.74) is 7.37. The molecule has 1 aromatic rings. The first-order valence-electron chi connectivity index (χ1n) is 6.35. The molecule has 0 bridgehead atoms. The predicted octanol–water partition coefficient (Wildman–Crippen LogP) is 0.253. The number of primary sulfonamides is 1. The molecule has 0 spiro atoms. The van der Waals surface area contributed by atoms with Crippen molar-refractivity contribution in [1.29, 1.82) is 0 Å². The quantitative estimate of drug-likeness (QED) is 0.694. The molecule has 0 saturated carbocycles. The number of sulfonamides is 1. The molecular weight excluding hydrogens is 294 g/mol. The van der Waals surface area contributed by atoms with Crippen LogP contribution in [-0.4, -0.2) is 34.1 Å². The van der Waals surface area contributed by atoms with Gasteiger partial charge in [0.15, 0.2) is 0 Å². The molecule has 0 aliphatic rings. The van der Waals surface area contributed by atoms with Crippen LogP contribution in [0.2, 0.25) is 0 Å². The molecule has 7 nitrogen and oxygen atoms in total. The maximum atomic E-state index is 11.9. The SMILES string of the molecule is COC(CN)CC(=O)Nc1cc(S(N)(=O)=O)cc(C)c1C. The van der Waals surface area contributed by atoms with E-state index in [0.29, 0.717) is 5.69 Å². The number of aryl methyl sites for hydroxylation is 1. The minimum absolute atomic E-state index is 0.0389. The van der Waals surface area contributed by atoms with Crippen LogP contribution in [0, 0.1) is 13.8 Å². The van der Waals surface area contributed by atoms with E-state index < -0.39 is 10.0 Å². The number of benzene rings is 1. The van der Waals surface area contributed by atoms with Gasteiger partial charge in [-0.2, -0.15) is 0 Å². The van der Waals surface area contributed by atoms with Crippen LogP contribution < -0.4 is 16.2 Å². The summed E-state index contributed by atoms with van der Waals surface area (Å²) in [6.45, 7) is 3.76. The molecule has 21 heavy (non-hydrogen) atoms. The Hall–Kier alpha value is -1.48. The fourth-order valence-corrected chi connectivity index (χ4v) is 2.41. The van der Waals surface area contributed by atoms with Crippen LogP contribution in [0.25, 0.3) is 0 Å². The van der Waals surface area contributed by atoms with Crippen molar-refractivity contribution in [2.75, 3.05) is 19.0 Å². The minimum Gasteiger partial charge on any atom is -0.380 e. The third-order valence-corrected chi connectivity index (χ3v) is 4.15. The third-order valence-electron chi connectivity index (χ3n) is 3.25. The van der Waals surface area contributed by atoms with E-state index in [4.69, 9.17) is 15.6 Å². The van der Waals surface area contributed by atoms with Crippen LogP contribution >= 0.6 is 0 Å². The molecular formula is C13H21N3O4S. The molecule has 0 aromatic heterocycles. The molecule has 1 aromatic carbocycles. The Labute approximate surface area is 124 Å². The van der Waals surface area contributed by atoms with Gasteiger partial charge in [-0.15, -0.1) is 0 Å². The van der Waals surface area contributed by atoms with Crippen molar-refractivity contribution >= 4 is 21.6 Å². The van der Waals surface area contributed by atoms with Crippen molar-refractivity contribution < 1.29 is 17.9 Å². The molecule has 0 fully saturated rings. The maximum absolute atomic E-state index is 11.9. The van der Waals surface area contributed by atoms with E-state index in [0.717, 1.165) is 11.1 Å². The highest BCUT2D eigenvalue weighted by atomic mass is 32.2. The monoisotopic (exact) mass is 315 g/mol. The summed E-state index contributed by atoms with van der Waals surface area (Å²) in [4.78, 5) is 11.9. The van der Waals surface area contributed by atoms with E-state index in [1.54, 1.807) is 13.8 Å². The highest BCUT2D eigenvalue weighted by Crippen LogP contribution is 2.23. The molecule has 0 saturated heterocycles. The van der Waals surface area contributed by atoms with Crippen molar-refractivity contribution in [2.45, 2.75) is 31.3 Å². The number of nitrogens with one attached hydrogen (secondary N) is 1. The number of hydrogen-bond donors (Lipinski definition) is 3. The number of rotatable bonds is 6. The predicted molar refractivity (Wildman–Crippen MR) is 80.4 cm³/mol. The highest BCUT2D eigenvalue weighted by Gasteiger charge is 2.16. The van der Waals surface area contributed by atoms with Crippen LogP contribution in [0.5, 0.6) is 0 Å². The summed E-state index contributed by atoms with van der Waals surface area (Å²) in [5.74, 6) is -0.304. The first-order chi connectivity index (χ1) is 9.68. The molecule has 8 heteroatoms. The molecule has 0 radical (unpaired) electrons.